The normalized spacial score (nSPS) is 16.6. The SMILES string of the molecule is CC1CCN(C(=O)c2ccnc(CN)c2)c2ccccc21.Cl. The first-order chi connectivity index (χ1) is 10.2. The van der Waals surface area contributed by atoms with Gasteiger partial charge in [-0.25, -0.2) is 0 Å². The van der Waals surface area contributed by atoms with Gasteiger partial charge in [-0.05, 0) is 36.1 Å². The molecule has 22 heavy (non-hydrogen) atoms. The lowest BCUT2D eigenvalue weighted by molar-refractivity contribution is 0.0984. The van der Waals surface area contributed by atoms with Gasteiger partial charge in [0.05, 0.1) is 5.69 Å². The Morgan fingerprint density at radius 2 is 2.14 bits per heavy atom. The van der Waals surface area contributed by atoms with Crippen molar-refractivity contribution in [1.82, 2.24) is 4.98 Å². The fourth-order valence-corrected chi connectivity index (χ4v) is 2.84. The fraction of sp³-hybridized carbons (Fsp3) is 0.294. The quantitative estimate of drug-likeness (QED) is 0.925. The third-order valence-corrected chi connectivity index (χ3v) is 4.06. The molecule has 5 heteroatoms. The van der Waals surface area contributed by atoms with Crippen molar-refractivity contribution in [3.05, 3.63) is 59.4 Å². The van der Waals surface area contributed by atoms with Gasteiger partial charge < -0.3 is 10.6 Å². The molecule has 1 amide bonds. The summed E-state index contributed by atoms with van der Waals surface area (Å²) in [5.41, 5.74) is 9.25. The van der Waals surface area contributed by atoms with E-state index >= 15 is 0 Å². The lowest BCUT2D eigenvalue weighted by Gasteiger charge is -2.33. The van der Waals surface area contributed by atoms with Crippen molar-refractivity contribution in [2.24, 2.45) is 5.73 Å². The summed E-state index contributed by atoms with van der Waals surface area (Å²) >= 11 is 0. The van der Waals surface area contributed by atoms with Crippen molar-refractivity contribution in [1.29, 1.82) is 0 Å². The summed E-state index contributed by atoms with van der Waals surface area (Å²) in [6.07, 6.45) is 2.63. The molecule has 1 aliphatic heterocycles. The molecule has 4 nitrogen and oxygen atoms in total. The molecule has 1 aromatic heterocycles. The average molecular weight is 318 g/mol. The predicted molar refractivity (Wildman–Crippen MR) is 90.5 cm³/mol. The molecule has 0 radical (unpaired) electrons. The first-order valence-corrected chi connectivity index (χ1v) is 7.26. The number of aromatic nitrogens is 1. The molecule has 1 atom stereocenters. The van der Waals surface area contributed by atoms with Crippen LogP contribution in [0.2, 0.25) is 0 Å². The molecule has 0 saturated carbocycles. The van der Waals surface area contributed by atoms with Crippen LogP contribution < -0.4 is 10.6 Å². The molecule has 0 bridgehead atoms. The number of carbonyl (C=O) groups is 1. The van der Waals surface area contributed by atoms with Crippen molar-refractivity contribution in [2.45, 2.75) is 25.8 Å². The largest absolute Gasteiger partial charge is 0.325 e. The standard InChI is InChI=1S/C17H19N3O.ClH/c1-12-7-9-20(16-5-3-2-4-15(12)16)17(21)13-6-8-19-14(10-13)11-18;/h2-6,8,10,12H,7,9,11,18H2,1H3;1H. The fourth-order valence-electron chi connectivity index (χ4n) is 2.84. The summed E-state index contributed by atoms with van der Waals surface area (Å²) in [7, 11) is 0. The maximum atomic E-state index is 12.8. The van der Waals surface area contributed by atoms with Gasteiger partial charge in [0.1, 0.15) is 0 Å². The maximum Gasteiger partial charge on any atom is 0.258 e. The van der Waals surface area contributed by atoms with Crippen molar-refractivity contribution < 1.29 is 4.79 Å². The second kappa shape index (κ2) is 6.90. The van der Waals surface area contributed by atoms with Gasteiger partial charge in [0.25, 0.3) is 5.91 Å². The Morgan fingerprint density at radius 1 is 1.36 bits per heavy atom. The van der Waals surface area contributed by atoms with Gasteiger partial charge in [0.15, 0.2) is 0 Å². The zero-order valence-electron chi connectivity index (χ0n) is 12.5. The highest BCUT2D eigenvalue weighted by Crippen LogP contribution is 2.35. The smallest absolute Gasteiger partial charge is 0.258 e. The first-order valence-electron chi connectivity index (χ1n) is 7.26. The highest BCUT2D eigenvalue weighted by molar-refractivity contribution is 6.06. The van der Waals surface area contributed by atoms with Crippen molar-refractivity contribution >= 4 is 24.0 Å². The third-order valence-electron chi connectivity index (χ3n) is 4.06. The second-order valence-electron chi connectivity index (χ2n) is 5.45. The molecule has 0 aliphatic carbocycles. The summed E-state index contributed by atoms with van der Waals surface area (Å²) in [5.74, 6) is 0.508. The Morgan fingerprint density at radius 3 is 2.91 bits per heavy atom. The molecule has 2 heterocycles. The van der Waals surface area contributed by atoms with E-state index in [1.165, 1.54) is 5.56 Å². The second-order valence-corrected chi connectivity index (χ2v) is 5.45. The van der Waals surface area contributed by atoms with Gasteiger partial charge in [0.2, 0.25) is 0 Å². The van der Waals surface area contributed by atoms with Crippen LogP contribution in [0.4, 0.5) is 5.69 Å². The minimum Gasteiger partial charge on any atom is -0.325 e. The van der Waals surface area contributed by atoms with Gasteiger partial charge in [-0.2, -0.15) is 0 Å². The van der Waals surface area contributed by atoms with Gasteiger partial charge >= 0.3 is 0 Å². The number of anilines is 1. The van der Waals surface area contributed by atoms with Crippen LogP contribution in [0.1, 0.15) is 40.9 Å². The molecule has 1 aromatic carbocycles. The molecule has 2 aromatic rings. The van der Waals surface area contributed by atoms with E-state index in [0.29, 0.717) is 18.0 Å². The third kappa shape index (κ3) is 2.98. The molecular formula is C17H20ClN3O. The number of pyridine rings is 1. The van der Waals surface area contributed by atoms with E-state index in [4.69, 9.17) is 5.73 Å². The van der Waals surface area contributed by atoms with Crippen LogP contribution in [0.5, 0.6) is 0 Å². The summed E-state index contributed by atoms with van der Waals surface area (Å²) in [5, 5.41) is 0. The molecular weight excluding hydrogens is 298 g/mol. The van der Waals surface area contributed by atoms with Crippen molar-refractivity contribution in [2.75, 3.05) is 11.4 Å². The molecule has 3 rings (SSSR count). The van der Waals surface area contributed by atoms with Crippen LogP contribution in [0.15, 0.2) is 42.6 Å². The number of halogens is 1. The Balaban J connectivity index is 0.00000176. The number of fused-ring (bicyclic) bond motifs is 1. The van der Waals surface area contributed by atoms with E-state index in [2.05, 4.69) is 18.0 Å². The number of nitrogens with zero attached hydrogens (tertiary/aromatic N) is 2. The summed E-state index contributed by atoms with van der Waals surface area (Å²) in [6.45, 7) is 3.30. The van der Waals surface area contributed by atoms with Crippen LogP contribution >= 0.6 is 12.4 Å². The highest BCUT2D eigenvalue weighted by Gasteiger charge is 2.26. The molecule has 116 valence electrons. The molecule has 1 aliphatic rings. The van der Waals surface area contributed by atoms with Gasteiger partial charge in [-0.15, -0.1) is 12.4 Å². The number of para-hydroxylation sites is 1. The zero-order valence-corrected chi connectivity index (χ0v) is 13.3. The number of carbonyl (C=O) groups excluding carboxylic acids is 1. The number of hydrogen-bond donors (Lipinski definition) is 1. The van der Waals surface area contributed by atoms with Crippen molar-refractivity contribution in [3.8, 4) is 0 Å². The van der Waals surface area contributed by atoms with Crippen LogP contribution in [-0.4, -0.2) is 17.4 Å². The lowest BCUT2D eigenvalue weighted by atomic mass is 9.91. The molecule has 2 N–H and O–H groups in total. The summed E-state index contributed by atoms with van der Waals surface area (Å²) in [4.78, 5) is 18.8. The number of amides is 1. The Kier molecular flexibility index (Phi) is 5.16. The van der Waals surface area contributed by atoms with Gasteiger partial charge in [-0.1, -0.05) is 25.1 Å². The predicted octanol–water partition coefficient (Wildman–Crippen LogP) is 3.12. The zero-order chi connectivity index (χ0) is 14.8. The maximum absolute atomic E-state index is 12.8. The first kappa shape index (κ1) is 16.5. The van der Waals surface area contributed by atoms with E-state index < -0.39 is 0 Å². The van der Waals surface area contributed by atoms with Gasteiger partial charge in [0, 0.05) is 30.5 Å². The molecule has 0 spiro atoms. The minimum absolute atomic E-state index is 0. The van der Waals surface area contributed by atoms with E-state index in [0.717, 1.165) is 24.3 Å². The number of hydrogen-bond acceptors (Lipinski definition) is 3. The Bertz CT molecular complexity index is 674. The van der Waals surface area contributed by atoms with E-state index in [-0.39, 0.29) is 18.3 Å². The monoisotopic (exact) mass is 317 g/mol. The molecule has 0 saturated heterocycles. The lowest BCUT2D eigenvalue weighted by Crippen LogP contribution is -2.36. The van der Waals surface area contributed by atoms with Gasteiger partial charge in [-0.3, -0.25) is 9.78 Å². The van der Waals surface area contributed by atoms with Crippen LogP contribution in [-0.2, 0) is 6.54 Å². The summed E-state index contributed by atoms with van der Waals surface area (Å²) < 4.78 is 0. The Labute approximate surface area is 136 Å². The number of benzene rings is 1. The van der Waals surface area contributed by atoms with E-state index in [9.17, 15) is 4.79 Å². The summed E-state index contributed by atoms with van der Waals surface area (Å²) in [6, 6.07) is 11.7. The highest BCUT2D eigenvalue weighted by atomic mass is 35.5. The number of nitrogens with two attached hydrogens (primary N) is 1. The topological polar surface area (TPSA) is 59.2 Å². The van der Waals surface area contributed by atoms with Crippen LogP contribution in [0.25, 0.3) is 0 Å². The molecule has 0 fully saturated rings. The van der Waals surface area contributed by atoms with E-state index in [1.54, 1.807) is 18.3 Å². The van der Waals surface area contributed by atoms with Crippen molar-refractivity contribution in [3.63, 3.8) is 0 Å². The van der Waals surface area contributed by atoms with E-state index in [1.807, 2.05) is 23.1 Å². The van der Waals surface area contributed by atoms with Crippen LogP contribution in [0, 0.1) is 0 Å². The minimum atomic E-state index is 0. The number of rotatable bonds is 2. The Hall–Kier alpha value is -1.91. The average Bonchev–Trinajstić information content (AvgIpc) is 2.55. The molecule has 1 unspecified atom stereocenters. The van der Waals surface area contributed by atoms with Crippen LogP contribution in [0.3, 0.4) is 0 Å².